The Morgan fingerprint density at radius 2 is 1.79 bits per heavy atom. The van der Waals surface area contributed by atoms with Crippen molar-refractivity contribution in [2.24, 2.45) is 0 Å². The zero-order valence-electron chi connectivity index (χ0n) is 11.2. The molecule has 0 saturated carbocycles. The molecule has 0 unspecified atom stereocenters. The lowest BCUT2D eigenvalue weighted by molar-refractivity contribution is -0.152. The highest BCUT2D eigenvalue weighted by Crippen LogP contribution is 2.11. The standard InChI is InChI=1S/C14H17NO4/c1-4-13(17)19-10(3)14(18)15-12-7-5-11(6-8-12)9(2)16/h5-8,10H,4H2,1-3H3,(H,15,18)/t10-/m0/s1. The second-order valence-electron chi connectivity index (χ2n) is 4.11. The Labute approximate surface area is 111 Å². The van der Waals surface area contributed by atoms with Gasteiger partial charge in [-0.1, -0.05) is 6.92 Å². The minimum absolute atomic E-state index is 0.0388. The number of benzene rings is 1. The third-order valence-electron chi connectivity index (χ3n) is 2.53. The Bertz CT molecular complexity index is 479. The van der Waals surface area contributed by atoms with E-state index in [-0.39, 0.29) is 12.2 Å². The maximum absolute atomic E-state index is 11.7. The second-order valence-corrected chi connectivity index (χ2v) is 4.11. The van der Waals surface area contributed by atoms with Gasteiger partial charge in [0, 0.05) is 17.7 Å². The molecule has 1 rings (SSSR count). The van der Waals surface area contributed by atoms with Crippen LogP contribution in [0.1, 0.15) is 37.6 Å². The number of hydrogen-bond donors (Lipinski definition) is 1. The number of ketones is 1. The van der Waals surface area contributed by atoms with Crippen molar-refractivity contribution in [3.05, 3.63) is 29.8 Å². The van der Waals surface area contributed by atoms with E-state index in [1.54, 1.807) is 31.2 Å². The first-order chi connectivity index (χ1) is 8.93. The van der Waals surface area contributed by atoms with Gasteiger partial charge in [-0.05, 0) is 38.1 Å². The van der Waals surface area contributed by atoms with Crippen molar-refractivity contribution in [2.45, 2.75) is 33.3 Å². The van der Waals surface area contributed by atoms with Crippen LogP contribution in [0.3, 0.4) is 0 Å². The van der Waals surface area contributed by atoms with Crippen LogP contribution in [0.25, 0.3) is 0 Å². The Kier molecular flexibility index (Phi) is 5.23. The molecule has 0 aromatic heterocycles. The third-order valence-corrected chi connectivity index (χ3v) is 2.53. The monoisotopic (exact) mass is 263 g/mol. The van der Waals surface area contributed by atoms with Crippen LogP contribution in [-0.2, 0) is 14.3 Å². The summed E-state index contributed by atoms with van der Waals surface area (Å²) in [6.07, 6.45) is -0.620. The van der Waals surface area contributed by atoms with E-state index in [1.807, 2.05) is 0 Å². The summed E-state index contributed by atoms with van der Waals surface area (Å²) in [5.74, 6) is -0.866. The summed E-state index contributed by atoms with van der Waals surface area (Å²) in [6.45, 7) is 4.64. The van der Waals surface area contributed by atoms with Crippen LogP contribution in [0.2, 0.25) is 0 Å². The van der Waals surface area contributed by atoms with Gasteiger partial charge in [-0.3, -0.25) is 14.4 Å². The van der Waals surface area contributed by atoms with E-state index in [9.17, 15) is 14.4 Å². The summed E-state index contributed by atoms with van der Waals surface area (Å²) >= 11 is 0. The number of Topliss-reactive ketones (excluding diaryl/α,β-unsaturated/α-hetero) is 1. The number of anilines is 1. The Hall–Kier alpha value is -2.17. The molecule has 1 atom stereocenters. The van der Waals surface area contributed by atoms with Crippen molar-refractivity contribution in [1.82, 2.24) is 0 Å². The fraction of sp³-hybridized carbons (Fsp3) is 0.357. The van der Waals surface area contributed by atoms with Gasteiger partial charge in [-0.2, -0.15) is 0 Å². The molecule has 0 saturated heterocycles. The normalized spacial score (nSPS) is 11.5. The van der Waals surface area contributed by atoms with Gasteiger partial charge in [-0.25, -0.2) is 0 Å². The number of amides is 1. The molecule has 19 heavy (non-hydrogen) atoms. The minimum atomic E-state index is -0.847. The first-order valence-electron chi connectivity index (χ1n) is 6.05. The predicted molar refractivity (Wildman–Crippen MR) is 70.9 cm³/mol. The van der Waals surface area contributed by atoms with Gasteiger partial charge < -0.3 is 10.1 Å². The lowest BCUT2D eigenvalue weighted by atomic mass is 10.1. The summed E-state index contributed by atoms with van der Waals surface area (Å²) in [5.41, 5.74) is 1.12. The Morgan fingerprint density at radius 1 is 1.21 bits per heavy atom. The average molecular weight is 263 g/mol. The number of ether oxygens (including phenoxy) is 1. The fourth-order valence-electron chi connectivity index (χ4n) is 1.37. The SMILES string of the molecule is CCC(=O)O[C@@H](C)C(=O)Nc1ccc(C(C)=O)cc1. The maximum atomic E-state index is 11.7. The van der Waals surface area contributed by atoms with E-state index in [0.29, 0.717) is 11.3 Å². The fourth-order valence-corrected chi connectivity index (χ4v) is 1.37. The summed E-state index contributed by atoms with van der Waals surface area (Å²) in [5, 5.41) is 2.61. The highest BCUT2D eigenvalue weighted by Gasteiger charge is 2.16. The van der Waals surface area contributed by atoms with Gasteiger partial charge in [-0.15, -0.1) is 0 Å². The van der Waals surface area contributed by atoms with Crippen LogP contribution < -0.4 is 5.32 Å². The quantitative estimate of drug-likeness (QED) is 0.652. The van der Waals surface area contributed by atoms with Crippen molar-refractivity contribution in [3.8, 4) is 0 Å². The van der Waals surface area contributed by atoms with E-state index < -0.39 is 18.0 Å². The van der Waals surface area contributed by atoms with Crippen molar-refractivity contribution in [1.29, 1.82) is 0 Å². The molecule has 0 radical (unpaired) electrons. The van der Waals surface area contributed by atoms with Gasteiger partial charge in [0.25, 0.3) is 5.91 Å². The molecule has 0 aliphatic heterocycles. The average Bonchev–Trinajstić information content (AvgIpc) is 2.38. The van der Waals surface area contributed by atoms with Crippen molar-refractivity contribution >= 4 is 23.3 Å². The van der Waals surface area contributed by atoms with Crippen LogP contribution in [-0.4, -0.2) is 23.8 Å². The first-order valence-corrected chi connectivity index (χ1v) is 6.05. The van der Waals surface area contributed by atoms with E-state index in [4.69, 9.17) is 4.74 Å². The molecule has 102 valence electrons. The molecule has 0 fully saturated rings. The number of hydrogen-bond acceptors (Lipinski definition) is 4. The van der Waals surface area contributed by atoms with E-state index in [2.05, 4.69) is 5.32 Å². The molecular formula is C14H17NO4. The summed E-state index contributed by atoms with van der Waals surface area (Å²) < 4.78 is 4.89. The molecule has 0 heterocycles. The molecule has 5 nitrogen and oxygen atoms in total. The molecule has 1 N–H and O–H groups in total. The van der Waals surface area contributed by atoms with Crippen molar-refractivity contribution in [2.75, 3.05) is 5.32 Å². The van der Waals surface area contributed by atoms with Crippen LogP contribution >= 0.6 is 0 Å². The zero-order chi connectivity index (χ0) is 14.4. The largest absolute Gasteiger partial charge is 0.453 e. The van der Waals surface area contributed by atoms with E-state index in [0.717, 1.165) is 0 Å². The Morgan fingerprint density at radius 3 is 2.26 bits per heavy atom. The van der Waals surface area contributed by atoms with Crippen molar-refractivity contribution < 1.29 is 19.1 Å². The number of nitrogens with one attached hydrogen (secondary N) is 1. The molecule has 0 spiro atoms. The molecule has 5 heteroatoms. The van der Waals surface area contributed by atoms with Gasteiger partial charge >= 0.3 is 5.97 Å². The second kappa shape index (κ2) is 6.68. The summed E-state index contributed by atoms with van der Waals surface area (Å²) in [6, 6.07) is 6.51. The number of carbonyl (C=O) groups excluding carboxylic acids is 3. The highest BCUT2D eigenvalue weighted by atomic mass is 16.5. The number of esters is 1. The first kappa shape index (κ1) is 14.9. The highest BCUT2D eigenvalue weighted by molar-refractivity contribution is 5.97. The van der Waals surface area contributed by atoms with Crippen LogP contribution in [0, 0.1) is 0 Å². The summed E-state index contributed by atoms with van der Waals surface area (Å²) in [7, 11) is 0. The third kappa shape index (κ3) is 4.54. The smallest absolute Gasteiger partial charge is 0.306 e. The minimum Gasteiger partial charge on any atom is -0.453 e. The zero-order valence-corrected chi connectivity index (χ0v) is 11.2. The van der Waals surface area contributed by atoms with Gasteiger partial charge in [0.1, 0.15) is 0 Å². The van der Waals surface area contributed by atoms with Crippen LogP contribution in [0.5, 0.6) is 0 Å². The van der Waals surface area contributed by atoms with E-state index >= 15 is 0 Å². The molecule has 0 aliphatic carbocycles. The molecule has 1 aromatic rings. The maximum Gasteiger partial charge on any atom is 0.306 e. The van der Waals surface area contributed by atoms with Crippen molar-refractivity contribution in [3.63, 3.8) is 0 Å². The molecule has 1 amide bonds. The molecular weight excluding hydrogens is 246 g/mol. The van der Waals surface area contributed by atoms with E-state index in [1.165, 1.54) is 13.8 Å². The number of rotatable bonds is 5. The van der Waals surface area contributed by atoms with Crippen LogP contribution in [0.4, 0.5) is 5.69 Å². The predicted octanol–water partition coefficient (Wildman–Crippen LogP) is 2.17. The van der Waals surface area contributed by atoms with Gasteiger partial charge in [0.05, 0.1) is 0 Å². The lowest BCUT2D eigenvalue weighted by Gasteiger charge is -2.13. The van der Waals surface area contributed by atoms with Gasteiger partial charge in [0.2, 0.25) is 0 Å². The molecule has 1 aromatic carbocycles. The number of carbonyl (C=O) groups is 3. The van der Waals surface area contributed by atoms with Crippen LogP contribution in [0.15, 0.2) is 24.3 Å². The van der Waals surface area contributed by atoms with Gasteiger partial charge in [0.15, 0.2) is 11.9 Å². The molecule has 0 aliphatic rings. The molecule has 0 bridgehead atoms. The topological polar surface area (TPSA) is 72.5 Å². The summed E-state index contributed by atoms with van der Waals surface area (Å²) in [4.78, 5) is 33.9. The lowest BCUT2D eigenvalue weighted by Crippen LogP contribution is -2.29. The Balaban J connectivity index is 2.61.